The topological polar surface area (TPSA) is 88.5 Å². The summed E-state index contributed by atoms with van der Waals surface area (Å²) in [5.41, 5.74) is 1.01. The number of rotatable bonds is 11. The van der Waals surface area contributed by atoms with Crippen LogP contribution < -0.4 is 14.2 Å². The molecular formula is C28H36N2O6. The molecule has 1 amide bonds. The molecule has 2 aromatic carbocycles. The first kappa shape index (κ1) is 27.1. The van der Waals surface area contributed by atoms with Gasteiger partial charge in [0.05, 0.1) is 32.4 Å². The maximum atomic E-state index is 13.3. The summed E-state index contributed by atoms with van der Waals surface area (Å²) in [4.78, 5) is 30.0. The number of hydrogen-bond acceptors (Lipinski definition) is 7. The van der Waals surface area contributed by atoms with E-state index in [-0.39, 0.29) is 11.3 Å². The first-order valence-corrected chi connectivity index (χ1v) is 12.1. The van der Waals surface area contributed by atoms with E-state index in [0.29, 0.717) is 53.9 Å². The SMILES string of the molecule is COc1cccc([C@H]2C(=C(O)c3ccc(OCC(C)C)cc3)C(=O)C(=O)N2CCCN(C)C)c1OC. The molecule has 1 fully saturated rings. The van der Waals surface area contributed by atoms with Crippen LogP contribution in [0.3, 0.4) is 0 Å². The highest BCUT2D eigenvalue weighted by Gasteiger charge is 2.47. The van der Waals surface area contributed by atoms with Gasteiger partial charge in [0.15, 0.2) is 11.5 Å². The molecule has 1 saturated heterocycles. The van der Waals surface area contributed by atoms with Crippen LogP contribution in [0, 0.1) is 5.92 Å². The van der Waals surface area contributed by atoms with Gasteiger partial charge in [-0.25, -0.2) is 0 Å². The Bertz CT molecular complexity index is 1110. The quantitative estimate of drug-likeness (QED) is 0.285. The summed E-state index contributed by atoms with van der Waals surface area (Å²) in [5.74, 6) is 0.298. The minimum atomic E-state index is -0.825. The minimum Gasteiger partial charge on any atom is -0.507 e. The number of benzene rings is 2. The Morgan fingerprint density at radius 1 is 1.06 bits per heavy atom. The van der Waals surface area contributed by atoms with E-state index in [4.69, 9.17) is 14.2 Å². The van der Waals surface area contributed by atoms with Crippen molar-refractivity contribution < 1.29 is 28.9 Å². The Kier molecular flexibility index (Phi) is 8.98. The third-order valence-electron chi connectivity index (χ3n) is 5.98. The highest BCUT2D eigenvalue weighted by molar-refractivity contribution is 6.46. The first-order chi connectivity index (χ1) is 17.2. The molecule has 1 atom stereocenters. The highest BCUT2D eigenvalue weighted by Crippen LogP contribution is 2.45. The predicted octanol–water partition coefficient (Wildman–Crippen LogP) is 4.11. The van der Waals surface area contributed by atoms with E-state index in [1.54, 1.807) is 42.5 Å². The summed E-state index contributed by atoms with van der Waals surface area (Å²) in [7, 11) is 6.94. The number of ether oxygens (including phenoxy) is 3. The van der Waals surface area contributed by atoms with Crippen molar-refractivity contribution in [1.82, 2.24) is 9.80 Å². The molecule has 8 nitrogen and oxygen atoms in total. The van der Waals surface area contributed by atoms with Gasteiger partial charge >= 0.3 is 0 Å². The lowest BCUT2D eigenvalue weighted by atomic mass is 9.94. The molecule has 0 aromatic heterocycles. The van der Waals surface area contributed by atoms with Crippen LogP contribution in [-0.2, 0) is 9.59 Å². The molecule has 1 aliphatic heterocycles. The van der Waals surface area contributed by atoms with E-state index in [0.717, 1.165) is 6.54 Å². The van der Waals surface area contributed by atoms with Crippen molar-refractivity contribution in [2.45, 2.75) is 26.3 Å². The fourth-order valence-electron chi connectivity index (χ4n) is 4.25. The average molecular weight is 497 g/mol. The Balaban J connectivity index is 2.10. The molecule has 0 spiro atoms. The lowest BCUT2D eigenvalue weighted by Gasteiger charge is -2.27. The Hall–Kier alpha value is -3.52. The number of likely N-dealkylation sites (tertiary alicyclic amines) is 1. The second kappa shape index (κ2) is 11.9. The summed E-state index contributed by atoms with van der Waals surface area (Å²) in [6, 6.07) is 11.3. The zero-order valence-electron chi connectivity index (χ0n) is 21.9. The van der Waals surface area contributed by atoms with Gasteiger partial charge in [-0.2, -0.15) is 0 Å². The van der Waals surface area contributed by atoms with Gasteiger partial charge in [-0.05, 0) is 63.3 Å². The summed E-state index contributed by atoms with van der Waals surface area (Å²) < 4.78 is 16.8. The molecular weight excluding hydrogens is 460 g/mol. The third kappa shape index (κ3) is 5.82. The van der Waals surface area contributed by atoms with Gasteiger partial charge in [0.2, 0.25) is 0 Å². The maximum Gasteiger partial charge on any atom is 0.295 e. The number of ketones is 1. The largest absolute Gasteiger partial charge is 0.507 e. The van der Waals surface area contributed by atoms with Crippen LogP contribution >= 0.6 is 0 Å². The van der Waals surface area contributed by atoms with E-state index < -0.39 is 17.7 Å². The zero-order chi connectivity index (χ0) is 26.4. The number of aliphatic hydroxyl groups excluding tert-OH is 1. The number of carbonyl (C=O) groups is 2. The number of amides is 1. The van der Waals surface area contributed by atoms with Gasteiger partial charge in [-0.3, -0.25) is 9.59 Å². The molecule has 36 heavy (non-hydrogen) atoms. The third-order valence-corrected chi connectivity index (χ3v) is 5.98. The number of Topliss-reactive ketones (excluding diaryl/α,β-unsaturated/α-hetero) is 1. The molecule has 3 rings (SSSR count). The second-order valence-electron chi connectivity index (χ2n) is 9.46. The van der Waals surface area contributed by atoms with Crippen LogP contribution in [0.15, 0.2) is 48.0 Å². The second-order valence-corrected chi connectivity index (χ2v) is 9.46. The molecule has 0 aliphatic carbocycles. The summed E-state index contributed by atoms with van der Waals surface area (Å²) in [6.45, 7) is 5.77. The molecule has 194 valence electrons. The van der Waals surface area contributed by atoms with Crippen molar-refractivity contribution >= 4 is 17.4 Å². The van der Waals surface area contributed by atoms with Gasteiger partial charge in [0, 0.05) is 17.7 Å². The van der Waals surface area contributed by atoms with Crippen LogP contribution in [0.25, 0.3) is 5.76 Å². The van der Waals surface area contributed by atoms with Crippen molar-refractivity contribution in [1.29, 1.82) is 0 Å². The first-order valence-electron chi connectivity index (χ1n) is 12.1. The normalized spacial score (nSPS) is 17.2. The van der Waals surface area contributed by atoms with E-state index in [9.17, 15) is 14.7 Å². The lowest BCUT2D eigenvalue weighted by Crippen LogP contribution is -2.32. The van der Waals surface area contributed by atoms with Crippen LogP contribution in [0.5, 0.6) is 17.2 Å². The van der Waals surface area contributed by atoms with Crippen LogP contribution in [0.2, 0.25) is 0 Å². The van der Waals surface area contributed by atoms with Gasteiger partial charge in [-0.15, -0.1) is 0 Å². The summed E-state index contributed by atoms with van der Waals surface area (Å²) >= 11 is 0. The number of para-hydroxylation sites is 1. The van der Waals surface area contributed by atoms with Crippen molar-refractivity contribution in [2.24, 2.45) is 5.92 Å². The van der Waals surface area contributed by atoms with E-state index in [1.165, 1.54) is 19.1 Å². The molecule has 1 heterocycles. The van der Waals surface area contributed by atoms with Crippen molar-refractivity contribution in [3.05, 3.63) is 59.2 Å². The van der Waals surface area contributed by atoms with Gasteiger partial charge in [-0.1, -0.05) is 26.0 Å². The molecule has 0 unspecified atom stereocenters. The van der Waals surface area contributed by atoms with Gasteiger partial charge in [0.1, 0.15) is 11.5 Å². The molecule has 2 aromatic rings. The smallest absolute Gasteiger partial charge is 0.295 e. The van der Waals surface area contributed by atoms with E-state index >= 15 is 0 Å². The van der Waals surface area contributed by atoms with Crippen LogP contribution in [0.1, 0.15) is 37.4 Å². The highest BCUT2D eigenvalue weighted by atomic mass is 16.5. The number of aliphatic hydroxyl groups is 1. The Morgan fingerprint density at radius 2 is 1.75 bits per heavy atom. The Morgan fingerprint density at radius 3 is 2.33 bits per heavy atom. The fraction of sp³-hybridized carbons (Fsp3) is 0.429. The van der Waals surface area contributed by atoms with E-state index in [2.05, 4.69) is 13.8 Å². The summed E-state index contributed by atoms with van der Waals surface area (Å²) in [5, 5.41) is 11.3. The zero-order valence-corrected chi connectivity index (χ0v) is 21.9. The van der Waals surface area contributed by atoms with Crippen LogP contribution in [0.4, 0.5) is 0 Å². The summed E-state index contributed by atoms with van der Waals surface area (Å²) in [6.07, 6.45) is 0.657. The van der Waals surface area contributed by atoms with Crippen molar-refractivity contribution in [3.8, 4) is 17.2 Å². The van der Waals surface area contributed by atoms with Gasteiger partial charge in [0.25, 0.3) is 11.7 Å². The molecule has 0 radical (unpaired) electrons. The monoisotopic (exact) mass is 496 g/mol. The van der Waals surface area contributed by atoms with Crippen molar-refractivity contribution in [2.75, 3.05) is 48.0 Å². The average Bonchev–Trinajstić information content (AvgIpc) is 3.11. The van der Waals surface area contributed by atoms with Crippen molar-refractivity contribution in [3.63, 3.8) is 0 Å². The molecule has 8 heteroatoms. The minimum absolute atomic E-state index is 0.0206. The lowest BCUT2D eigenvalue weighted by molar-refractivity contribution is -0.140. The van der Waals surface area contributed by atoms with E-state index in [1.807, 2.05) is 19.0 Å². The number of nitrogens with zero attached hydrogens (tertiary/aromatic N) is 2. The predicted molar refractivity (Wildman–Crippen MR) is 139 cm³/mol. The fourth-order valence-corrected chi connectivity index (χ4v) is 4.25. The molecule has 1 N–H and O–H groups in total. The van der Waals surface area contributed by atoms with Crippen LogP contribution in [-0.4, -0.2) is 74.6 Å². The number of hydrogen-bond donors (Lipinski definition) is 1. The molecule has 0 saturated carbocycles. The number of carbonyl (C=O) groups excluding carboxylic acids is 2. The number of methoxy groups -OCH3 is 2. The Labute approximate surface area is 213 Å². The molecule has 1 aliphatic rings. The van der Waals surface area contributed by atoms with Gasteiger partial charge < -0.3 is 29.1 Å². The molecule has 0 bridgehead atoms. The standard InChI is InChI=1S/C28H36N2O6/c1-18(2)17-36-20-13-11-19(12-14-20)25(31)23-24(21-9-7-10-22(34-5)27(21)35-6)30(28(33)26(23)32)16-8-15-29(3)4/h7,9-14,18,24,31H,8,15-17H2,1-6H3/t24-/m0/s1. The maximum absolute atomic E-state index is 13.3.